The van der Waals surface area contributed by atoms with Crippen LogP contribution in [-0.2, 0) is 6.42 Å². The molecule has 16 heavy (non-hydrogen) atoms. The molecule has 0 saturated carbocycles. The molecule has 2 rings (SSSR count). The van der Waals surface area contributed by atoms with Crippen LogP contribution in [0.3, 0.4) is 0 Å². The number of aryl methyl sites for hydroxylation is 1. The van der Waals surface area contributed by atoms with Crippen LogP contribution in [0.1, 0.15) is 12.0 Å². The maximum Gasteiger partial charge on any atom is 0.0645 e. The molecule has 1 heterocycles. The van der Waals surface area contributed by atoms with Gasteiger partial charge in [-0.25, -0.2) is 4.68 Å². The number of benzene rings is 1. The van der Waals surface area contributed by atoms with Gasteiger partial charge in [0.15, 0.2) is 0 Å². The Labute approximate surface area is 96.1 Å². The smallest absolute Gasteiger partial charge is 0.0645 e. The predicted molar refractivity (Wildman–Crippen MR) is 65.8 cm³/mol. The van der Waals surface area contributed by atoms with E-state index < -0.39 is 0 Å². The van der Waals surface area contributed by atoms with Crippen LogP contribution in [0.15, 0.2) is 42.7 Å². The standard InChI is InChI=1S/C13H17N3/c1-14-9-5-6-12-10-15-16(11-12)13-7-3-2-4-8-13/h2-4,7-8,10-11,14H,5-6,9H2,1H3. The van der Waals surface area contributed by atoms with Crippen molar-refractivity contribution in [1.82, 2.24) is 15.1 Å². The molecule has 0 saturated heterocycles. The minimum atomic E-state index is 1.05. The zero-order valence-electron chi connectivity index (χ0n) is 9.56. The Morgan fingerprint density at radius 1 is 1.25 bits per heavy atom. The normalized spacial score (nSPS) is 10.6. The number of hydrogen-bond acceptors (Lipinski definition) is 2. The Bertz CT molecular complexity index is 420. The number of rotatable bonds is 5. The van der Waals surface area contributed by atoms with Gasteiger partial charge in [-0.05, 0) is 44.1 Å². The van der Waals surface area contributed by atoms with E-state index in [0.29, 0.717) is 0 Å². The molecule has 1 aromatic heterocycles. The van der Waals surface area contributed by atoms with Crippen LogP contribution in [-0.4, -0.2) is 23.4 Å². The van der Waals surface area contributed by atoms with Gasteiger partial charge in [0.1, 0.15) is 0 Å². The summed E-state index contributed by atoms with van der Waals surface area (Å²) in [5, 5.41) is 7.51. The van der Waals surface area contributed by atoms with E-state index in [4.69, 9.17) is 0 Å². The van der Waals surface area contributed by atoms with E-state index in [2.05, 4.69) is 28.7 Å². The van der Waals surface area contributed by atoms with Gasteiger partial charge in [-0.1, -0.05) is 18.2 Å². The predicted octanol–water partition coefficient (Wildman–Crippen LogP) is 2.02. The van der Waals surface area contributed by atoms with Crippen molar-refractivity contribution < 1.29 is 0 Å². The van der Waals surface area contributed by atoms with E-state index >= 15 is 0 Å². The average Bonchev–Trinajstić information content (AvgIpc) is 2.79. The summed E-state index contributed by atoms with van der Waals surface area (Å²) in [6.07, 6.45) is 6.28. The average molecular weight is 215 g/mol. The van der Waals surface area contributed by atoms with E-state index in [1.807, 2.05) is 36.1 Å². The summed E-state index contributed by atoms with van der Waals surface area (Å²) in [5.74, 6) is 0. The molecule has 0 amide bonds. The molecule has 1 aromatic carbocycles. The molecule has 0 aliphatic carbocycles. The zero-order chi connectivity index (χ0) is 11.2. The minimum absolute atomic E-state index is 1.05. The Hall–Kier alpha value is -1.61. The SMILES string of the molecule is CNCCCc1cnn(-c2ccccc2)c1. The van der Waals surface area contributed by atoms with Crippen molar-refractivity contribution in [2.24, 2.45) is 0 Å². The van der Waals surface area contributed by atoms with Gasteiger partial charge in [0.25, 0.3) is 0 Å². The monoisotopic (exact) mass is 215 g/mol. The number of para-hydroxylation sites is 1. The zero-order valence-corrected chi connectivity index (χ0v) is 9.56. The van der Waals surface area contributed by atoms with Gasteiger partial charge >= 0.3 is 0 Å². The highest BCUT2D eigenvalue weighted by atomic mass is 15.3. The second-order valence-electron chi connectivity index (χ2n) is 3.84. The first kappa shape index (κ1) is 10.9. The van der Waals surface area contributed by atoms with Crippen LogP contribution >= 0.6 is 0 Å². The third-order valence-corrected chi connectivity index (χ3v) is 2.55. The summed E-state index contributed by atoms with van der Waals surface area (Å²) in [4.78, 5) is 0. The van der Waals surface area contributed by atoms with Gasteiger partial charge in [-0.3, -0.25) is 0 Å². The van der Waals surface area contributed by atoms with Gasteiger partial charge in [-0.15, -0.1) is 0 Å². The molecule has 0 fully saturated rings. The summed E-state index contributed by atoms with van der Waals surface area (Å²) in [6, 6.07) is 10.2. The Morgan fingerprint density at radius 2 is 2.06 bits per heavy atom. The summed E-state index contributed by atoms with van der Waals surface area (Å²) in [7, 11) is 1.98. The summed E-state index contributed by atoms with van der Waals surface area (Å²) < 4.78 is 1.93. The lowest BCUT2D eigenvalue weighted by atomic mass is 10.2. The number of nitrogens with one attached hydrogen (secondary N) is 1. The lowest BCUT2D eigenvalue weighted by Crippen LogP contribution is -2.08. The highest BCUT2D eigenvalue weighted by molar-refractivity contribution is 5.30. The van der Waals surface area contributed by atoms with Crippen LogP contribution in [0.5, 0.6) is 0 Å². The van der Waals surface area contributed by atoms with Gasteiger partial charge in [0, 0.05) is 6.20 Å². The van der Waals surface area contributed by atoms with Crippen molar-refractivity contribution in [1.29, 1.82) is 0 Å². The van der Waals surface area contributed by atoms with Crippen LogP contribution in [0, 0.1) is 0 Å². The first-order valence-corrected chi connectivity index (χ1v) is 5.64. The Balaban J connectivity index is 2.02. The number of nitrogens with zero attached hydrogens (tertiary/aromatic N) is 2. The van der Waals surface area contributed by atoms with E-state index in [0.717, 1.165) is 25.1 Å². The van der Waals surface area contributed by atoms with E-state index in [-0.39, 0.29) is 0 Å². The highest BCUT2D eigenvalue weighted by Crippen LogP contribution is 2.08. The van der Waals surface area contributed by atoms with Gasteiger partial charge < -0.3 is 5.32 Å². The maximum atomic E-state index is 4.36. The second-order valence-corrected chi connectivity index (χ2v) is 3.84. The molecule has 2 aromatic rings. The fraction of sp³-hybridized carbons (Fsp3) is 0.308. The number of hydrogen-bond donors (Lipinski definition) is 1. The van der Waals surface area contributed by atoms with E-state index in [1.54, 1.807) is 0 Å². The van der Waals surface area contributed by atoms with E-state index in [9.17, 15) is 0 Å². The van der Waals surface area contributed by atoms with Crippen molar-refractivity contribution in [2.45, 2.75) is 12.8 Å². The van der Waals surface area contributed by atoms with Gasteiger partial charge in [-0.2, -0.15) is 5.10 Å². The van der Waals surface area contributed by atoms with Crippen LogP contribution in [0.2, 0.25) is 0 Å². The molecule has 3 heteroatoms. The summed E-state index contributed by atoms with van der Waals surface area (Å²) in [5.41, 5.74) is 2.40. The molecule has 0 aliphatic rings. The lowest BCUT2D eigenvalue weighted by molar-refractivity contribution is 0.724. The molecule has 0 aliphatic heterocycles. The first-order valence-electron chi connectivity index (χ1n) is 5.64. The Morgan fingerprint density at radius 3 is 2.81 bits per heavy atom. The Kier molecular flexibility index (Phi) is 3.72. The molecule has 0 spiro atoms. The molecular formula is C13H17N3. The van der Waals surface area contributed by atoms with Gasteiger partial charge in [0.2, 0.25) is 0 Å². The topological polar surface area (TPSA) is 29.9 Å². The quantitative estimate of drug-likeness (QED) is 0.773. The minimum Gasteiger partial charge on any atom is -0.320 e. The lowest BCUT2D eigenvalue weighted by Gasteiger charge is -1.99. The molecule has 0 radical (unpaired) electrons. The second kappa shape index (κ2) is 5.47. The molecule has 1 N–H and O–H groups in total. The van der Waals surface area contributed by atoms with Crippen molar-refractivity contribution in [3.63, 3.8) is 0 Å². The van der Waals surface area contributed by atoms with Crippen LogP contribution in [0.25, 0.3) is 5.69 Å². The van der Waals surface area contributed by atoms with Crippen molar-refractivity contribution >= 4 is 0 Å². The van der Waals surface area contributed by atoms with Crippen molar-refractivity contribution in [3.8, 4) is 5.69 Å². The van der Waals surface area contributed by atoms with Crippen molar-refractivity contribution in [2.75, 3.05) is 13.6 Å². The first-order chi connectivity index (χ1) is 7.90. The third-order valence-electron chi connectivity index (χ3n) is 2.55. The van der Waals surface area contributed by atoms with Crippen LogP contribution < -0.4 is 5.32 Å². The molecular weight excluding hydrogens is 198 g/mol. The highest BCUT2D eigenvalue weighted by Gasteiger charge is 1.99. The largest absolute Gasteiger partial charge is 0.320 e. The summed E-state index contributed by atoms with van der Waals surface area (Å²) in [6.45, 7) is 1.05. The molecule has 0 bridgehead atoms. The fourth-order valence-corrected chi connectivity index (χ4v) is 1.68. The summed E-state index contributed by atoms with van der Waals surface area (Å²) >= 11 is 0. The number of aromatic nitrogens is 2. The van der Waals surface area contributed by atoms with Gasteiger partial charge in [0.05, 0.1) is 11.9 Å². The van der Waals surface area contributed by atoms with Crippen molar-refractivity contribution in [3.05, 3.63) is 48.3 Å². The maximum absolute atomic E-state index is 4.36. The fourth-order valence-electron chi connectivity index (χ4n) is 1.68. The molecule has 3 nitrogen and oxygen atoms in total. The molecule has 84 valence electrons. The molecule has 0 unspecified atom stereocenters. The van der Waals surface area contributed by atoms with E-state index in [1.165, 1.54) is 5.56 Å². The van der Waals surface area contributed by atoms with Crippen LogP contribution in [0.4, 0.5) is 0 Å². The third kappa shape index (κ3) is 2.70. The molecule has 0 atom stereocenters.